The second kappa shape index (κ2) is 9.01. The minimum Gasteiger partial charge on any atom is -0.430 e. The van der Waals surface area contributed by atoms with Gasteiger partial charge in [-0.2, -0.15) is 11.3 Å². The van der Waals surface area contributed by atoms with Gasteiger partial charge in [0.25, 0.3) is 0 Å². The highest BCUT2D eigenvalue weighted by atomic mass is 32.1. The number of aryl methyl sites for hydroxylation is 1. The minimum absolute atomic E-state index is 0.00751. The Balaban J connectivity index is 1.34. The van der Waals surface area contributed by atoms with Crippen LogP contribution >= 0.6 is 11.3 Å². The summed E-state index contributed by atoms with van der Waals surface area (Å²) in [6, 6.07) is 2.23. The molecule has 1 aromatic heterocycles. The van der Waals surface area contributed by atoms with Crippen molar-refractivity contribution in [3.8, 4) is 0 Å². The van der Waals surface area contributed by atoms with E-state index >= 15 is 0 Å². The summed E-state index contributed by atoms with van der Waals surface area (Å²) in [5.74, 6) is 0. The monoisotopic (exact) mass is 296 g/mol. The molecule has 0 saturated carbocycles. The summed E-state index contributed by atoms with van der Waals surface area (Å²) in [7, 11) is 0. The summed E-state index contributed by atoms with van der Waals surface area (Å²) in [6.07, 6.45) is 10.7. The number of carbonyl (C=O) groups is 1. The number of hydrogen-bond donors (Lipinski definition) is 0. The molecule has 2 rings (SSSR count). The molecule has 112 valence electrons. The third-order valence-electron chi connectivity index (χ3n) is 3.72. The van der Waals surface area contributed by atoms with Gasteiger partial charge in [-0.15, -0.1) is 0 Å². The fourth-order valence-electron chi connectivity index (χ4n) is 2.53. The van der Waals surface area contributed by atoms with Crippen molar-refractivity contribution in [1.82, 2.24) is 0 Å². The lowest BCUT2D eigenvalue weighted by Crippen LogP contribution is -2.09. The zero-order chi connectivity index (χ0) is 14.0. The summed E-state index contributed by atoms with van der Waals surface area (Å²) < 4.78 is 9.75. The van der Waals surface area contributed by atoms with Crippen molar-refractivity contribution in [2.75, 3.05) is 6.61 Å². The molecule has 0 radical (unpaired) electrons. The Morgan fingerprint density at radius 1 is 1.10 bits per heavy atom. The quantitative estimate of drug-likeness (QED) is 0.453. The lowest BCUT2D eigenvalue weighted by molar-refractivity contribution is 0.115. The molecule has 1 saturated heterocycles. The minimum atomic E-state index is -0.499. The smallest absolute Gasteiger partial charge is 0.430 e. The van der Waals surface area contributed by atoms with Gasteiger partial charge in [-0.05, 0) is 48.1 Å². The van der Waals surface area contributed by atoms with Gasteiger partial charge in [0, 0.05) is 0 Å². The SMILES string of the molecule is O=C1OCC(CCCCCCCCCc2ccsc2)O1. The Morgan fingerprint density at radius 3 is 2.50 bits per heavy atom. The number of thiophene rings is 1. The molecule has 0 amide bonds. The predicted octanol–water partition coefficient (Wildman–Crippen LogP) is 4.95. The van der Waals surface area contributed by atoms with Gasteiger partial charge in [0.05, 0.1) is 0 Å². The van der Waals surface area contributed by atoms with Crippen LogP contribution in [0.4, 0.5) is 4.79 Å². The lowest BCUT2D eigenvalue weighted by Gasteiger charge is -2.05. The number of hydrogen-bond acceptors (Lipinski definition) is 4. The zero-order valence-electron chi connectivity index (χ0n) is 12.0. The third kappa shape index (κ3) is 5.95. The molecule has 1 aliphatic rings. The Hall–Kier alpha value is -1.03. The van der Waals surface area contributed by atoms with Crippen LogP contribution in [0.1, 0.15) is 56.9 Å². The van der Waals surface area contributed by atoms with E-state index in [0.29, 0.717) is 6.61 Å². The van der Waals surface area contributed by atoms with E-state index < -0.39 is 6.16 Å². The normalized spacial score (nSPS) is 18.0. The molecule has 1 aliphatic heterocycles. The Kier molecular flexibility index (Phi) is 6.92. The van der Waals surface area contributed by atoms with Crippen LogP contribution in [-0.2, 0) is 15.9 Å². The first-order valence-electron chi connectivity index (χ1n) is 7.69. The lowest BCUT2D eigenvalue weighted by atomic mass is 10.0. The molecule has 3 nitrogen and oxygen atoms in total. The summed E-state index contributed by atoms with van der Waals surface area (Å²) >= 11 is 1.79. The van der Waals surface area contributed by atoms with Crippen LogP contribution in [0.2, 0.25) is 0 Å². The van der Waals surface area contributed by atoms with Crippen LogP contribution in [-0.4, -0.2) is 18.9 Å². The van der Waals surface area contributed by atoms with Crippen molar-refractivity contribution in [1.29, 1.82) is 0 Å². The Morgan fingerprint density at radius 2 is 1.85 bits per heavy atom. The van der Waals surface area contributed by atoms with E-state index in [-0.39, 0.29) is 6.10 Å². The van der Waals surface area contributed by atoms with E-state index in [1.807, 2.05) is 0 Å². The van der Waals surface area contributed by atoms with Gasteiger partial charge >= 0.3 is 6.16 Å². The van der Waals surface area contributed by atoms with E-state index in [1.165, 1.54) is 50.5 Å². The number of unbranched alkanes of at least 4 members (excludes halogenated alkanes) is 6. The molecule has 0 N–H and O–H groups in total. The fourth-order valence-corrected chi connectivity index (χ4v) is 3.23. The molecule has 0 spiro atoms. The van der Waals surface area contributed by atoms with Crippen LogP contribution in [0.15, 0.2) is 16.8 Å². The van der Waals surface area contributed by atoms with Crippen molar-refractivity contribution < 1.29 is 14.3 Å². The average Bonchev–Trinajstić information content (AvgIpc) is 3.08. The maximum absolute atomic E-state index is 10.7. The number of ether oxygens (including phenoxy) is 2. The van der Waals surface area contributed by atoms with Crippen molar-refractivity contribution in [3.05, 3.63) is 22.4 Å². The van der Waals surface area contributed by atoms with Gasteiger partial charge in [0.1, 0.15) is 12.7 Å². The second-order valence-electron chi connectivity index (χ2n) is 5.45. The number of rotatable bonds is 10. The van der Waals surface area contributed by atoms with Crippen molar-refractivity contribution in [2.24, 2.45) is 0 Å². The zero-order valence-corrected chi connectivity index (χ0v) is 12.8. The molecule has 1 atom stereocenters. The molecular weight excluding hydrogens is 272 g/mol. The highest BCUT2D eigenvalue weighted by Crippen LogP contribution is 2.16. The van der Waals surface area contributed by atoms with Crippen LogP contribution in [0, 0.1) is 0 Å². The highest BCUT2D eigenvalue weighted by Gasteiger charge is 2.23. The molecule has 2 heterocycles. The summed E-state index contributed by atoms with van der Waals surface area (Å²) in [5.41, 5.74) is 1.49. The predicted molar refractivity (Wildman–Crippen MR) is 81.2 cm³/mol. The van der Waals surface area contributed by atoms with Crippen LogP contribution in [0.25, 0.3) is 0 Å². The molecule has 20 heavy (non-hydrogen) atoms. The van der Waals surface area contributed by atoms with Crippen LogP contribution < -0.4 is 0 Å². The van der Waals surface area contributed by atoms with Gasteiger partial charge < -0.3 is 9.47 Å². The van der Waals surface area contributed by atoms with Crippen molar-refractivity contribution in [2.45, 2.75) is 63.9 Å². The summed E-state index contributed by atoms with van der Waals surface area (Å²) in [4.78, 5) is 10.7. The van der Waals surface area contributed by atoms with Gasteiger partial charge in [-0.3, -0.25) is 0 Å². The van der Waals surface area contributed by atoms with Gasteiger partial charge in [-0.1, -0.05) is 32.1 Å². The van der Waals surface area contributed by atoms with Gasteiger partial charge in [0.2, 0.25) is 0 Å². The molecule has 0 aliphatic carbocycles. The van der Waals surface area contributed by atoms with E-state index in [1.54, 1.807) is 11.3 Å². The van der Waals surface area contributed by atoms with E-state index in [4.69, 9.17) is 9.47 Å². The first-order valence-corrected chi connectivity index (χ1v) is 8.63. The second-order valence-corrected chi connectivity index (χ2v) is 6.23. The molecule has 1 aromatic rings. The topological polar surface area (TPSA) is 35.5 Å². The maximum Gasteiger partial charge on any atom is 0.508 e. The Bertz CT molecular complexity index is 375. The molecular formula is C16H24O3S. The van der Waals surface area contributed by atoms with Gasteiger partial charge in [0.15, 0.2) is 0 Å². The fraction of sp³-hybridized carbons (Fsp3) is 0.688. The summed E-state index contributed by atoms with van der Waals surface area (Å²) in [5, 5.41) is 4.40. The largest absolute Gasteiger partial charge is 0.508 e. The van der Waals surface area contributed by atoms with Crippen LogP contribution in [0.3, 0.4) is 0 Å². The van der Waals surface area contributed by atoms with E-state index in [9.17, 15) is 4.79 Å². The molecule has 1 fully saturated rings. The molecule has 0 aromatic carbocycles. The van der Waals surface area contributed by atoms with Gasteiger partial charge in [-0.25, -0.2) is 4.79 Å². The van der Waals surface area contributed by atoms with E-state index in [0.717, 1.165) is 12.8 Å². The average molecular weight is 296 g/mol. The van der Waals surface area contributed by atoms with Crippen LogP contribution in [0.5, 0.6) is 0 Å². The Labute approximate surface area is 125 Å². The van der Waals surface area contributed by atoms with Crippen molar-refractivity contribution >= 4 is 17.5 Å². The summed E-state index contributed by atoms with van der Waals surface area (Å²) in [6.45, 7) is 0.446. The molecule has 0 bridgehead atoms. The first kappa shape index (κ1) is 15.4. The molecule has 1 unspecified atom stereocenters. The van der Waals surface area contributed by atoms with E-state index in [2.05, 4.69) is 16.8 Å². The molecule has 4 heteroatoms. The number of cyclic esters (lactones) is 2. The standard InChI is InChI=1S/C16H24O3S/c17-16-18-12-15(19-16)9-7-5-3-1-2-4-6-8-14-10-11-20-13-14/h10-11,13,15H,1-9,12H2. The maximum atomic E-state index is 10.7. The number of carbonyl (C=O) groups excluding carboxylic acids is 1. The first-order chi connectivity index (χ1) is 9.84. The van der Waals surface area contributed by atoms with Crippen molar-refractivity contribution in [3.63, 3.8) is 0 Å². The highest BCUT2D eigenvalue weighted by molar-refractivity contribution is 7.07. The third-order valence-corrected chi connectivity index (χ3v) is 4.45.